The van der Waals surface area contributed by atoms with Gasteiger partial charge in [0, 0.05) is 23.2 Å². The van der Waals surface area contributed by atoms with E-state index in [0.29, 0.717) is 45.0 Å². The SMILES string of the molecule is Cc1cc(F)ccc1N1c2c(c(NCCO)nc3c(OCCF)cccc23)CC1(OCCF)OCCF. The number of rotatable bonds is 13. The van der Waals surface area contributed by atoms with Crippen LogP contribution in [0.5, 0.6) is 5.75 Å². The number of nitrogens with one attached hydrogen (secondary N) is 1. The van der Waals surface area contributed by atoms with E-state index < -0.39 is 31.8 Å². The molecule has 3 aromatic rings. The molecular weight excluding hydrogens is 494 g/mol. The van der Waals surface area contributed by atoms with Crippen molar-refractivity contribution in [3.63, 3.8) is 0 Å². The molecule has 1 aliphatic heterocycles. The fourth-order valence-corrected chi connectivity index (χ4v) is 4.61. The van der Waals surface area contributed by atoms with Crippen LogP contribution in [0.25, 0.3) is 10.9 Å². The van der Waals surface area contributed by atoms with E-state index >= 15 is 0 Å². The predicted octanol–water partition coefficient (Wildman–Crippen LogP) is 4.76. The van der Waals surface area contributed by atoms with Gasteiger partial charge >= 0.3 is 0 Å². The molecule has 7 nitrogen and oxygen atoms in total. The summed E-state index contributed by atoms with van der Waals surface area (Å²) in [5.74, 6) is -1.43. The number of alkyl halides is 3. The molecule has 0 spiro atoms. The second kappa shape index (κ2) is 11.9. The summed E-state index contributed by atoms with van der Waals surface area (Å²) < 4.78 is 71.3. The number of aliphatic hydroxyl groups excluding tert-OH is 1. The zero-order chi connectivity index (χ0) is 26.4. The number of aliphatic hydroxyl groups is 1. The van der Waals surface area contributed by atoms with E-state index in [1.807, 2.05) is 0 Å². The van der Waals surface area contributed by atoms with Gasteiger partial charge in [0.1, 0.15) is 49.5 Å². The molecule has 37 heavy (non-hydrogen) atoms. The van der Waals surface area contributed by atoms with E-state index in [1.54, 1.807) is 36.1 Å². The van der Waals surface area contributed by atoms with Gasteiger partial charge in [-0.3, -0.25) is 4.90 Å². The summed E-state index contributed by atoms with van der Waals surface area (Å²) in [6.07, 6.45) is 0.0193. The molecule has 0 saturated heterocycles. The van der Waals surface area contributed by atoms with Gasteiger partial charge < -0.3 is 24.6 Å². The van der Waals surface area contributed by atoms with E-state index in [2.05, 4.69) is 5.32 Å². The van der Waals surface area contributed by atoms with Gasteiger partial charge in [-0.15, -0.1) is 0 Å². The molecule has 0 saturated carbocycles. The highest BCUT2D eigenvalue weighted by atomic mass is 19.1. The maximum Gasteiger partial charge on any atom is 0.260 e. The Labute approximate surface area is 212 Å². The Morgan fingerprint density at radius 1 is 1.05 bits per heavy atom. The molecule has 4 rings (SSSR count). The maximum atomic E-state index is 14.1. The van der Waals surface area contributed by atoms with Crippen LogP contribution in [0, 0.1) is 12.7 Å². The third-order valence-corrected chi connectivity index (χ3v) is 5.96. The minimum atomic E-state index is -1.68. The number of anilines is 3. The van der Waals surface area contributed by atoms with Crippen molar-refractivity contribution in [1.82, 2.24) is 4.98 Å². The number of fused-ring (bicyclic) bond motifs is 3. The molecule has 0 unspecified atom stereocenters. The van der Waals surface area contributed by atoms with Crippen LogP contribution in [0.1, 0.15) is 11.1 Å². The summed E-state index contributed by atoms with van der Waals surface area (Å²) in [6.45, 7) is -1.51. The summed E-state index contributed by atoms with van der Waals surface area (Å²) >= 11 is 0. The van der Waals surface area contributed by atoms with Crippen molar-refractivity contribution in [2.45, 2.75) is 19.3 Å². The van der Waals surface area contributed by atoms with Crippen LogP contribution in [0.2, 0.25) is 0 Å². The average molecular weight is 524 g/mol. The van der Waals surface area contributed by atoms with Crippen LogP contribution < -0.4 is 15.0 Å². The average Bonchev–Trinajstić information content (AvgIpc) is 3.23. The lowest BCUT2D eigenvalue weighted by Gasteiger charge is -2.40. The van der Waals surface area contributed by atoms with Gasteiger partial charge in [-0.2, -0.15) is 0 Å². The number of benzene rings is 2. The number of halogens is 4. The van der Waals surface area contributed by atoms with Crippen molar-refractivity contribution in [3.8, 4) is 5.75 Å². The topological polar surface area (TPSA) is 76.1 Å². The Morgan fingerprint density at radius 2 is 1.78 bits per heavy atom. The van der Waals surface area contributed by atoms with Gasteiger partial charge in [0.25, 0.3) is 5.91 Å². The first-order chi connectivity index (χ1) is 18.0. The maximum absolute atomic E-state index is 14.1. The normalized spacial score (nSPS) is 14.3. The molecule has 2 aromatic carbocycles. The molecule has 0 bridgehead atoms. The van der Waals surface area contributed by atoms with Crippen molar-refractivity contribution < 1.29 is 36.9 Å². The second-order valence-electron chi connectivity index (χ2n) is 8.36. The zero-order valence-electron chi connectivity index (χ0n) is 20.4. The molecule has 2 heterocycles. The molecular formula is C26H29F4N3O4. The molecule has 0 aliphatic carbocycles. The van der Waals surface area contributed by atoms with E-state index in [4.69, 9.17) is 19.2 Å². The monoisotopic (exact) mass is 523 g/mol. The first kappa shape index (κ1) is 26.9. The highest BCUT2D eigenvalue weighted by Crippen LogP contribution is 2.52. The quantitative estimate of drug-likeness (QED) is 0.247. The van der Waals surface area contributed by atoms with Crippen LogP contribution in [-0.2, 0) is 15.9 Å². The molecule has 1 aliphatic rings. The number of nitrogens with zero attached hydrogens (tertiary/aromatic N) is 2. The first-order valence-electron chi connectivity index (χ1n) is 11.9. The van der Waals surface area contributed by atoms with Crippen LogP contribution in [0.3, 0.4) is 0 Å². The summed E-state index contributed by atoms with van der Waals surface area (Å²) in [6, 6.07) is 9.32. The summed E-state index contributed by atoms with van der Waals surface area (Å²) in [5.41, 5.74) is 2.57. The fourth-order valence-electron chi connectivity index (χ4n) is 4.61. The Hall–Kier alpha value is -3.15. The zero-order valence-corrected chi connectivity index (χ0v) is 20.4. The number of para-hydroxylation sites is 1. The minimum Gasteiger partial charge on any atom is -0.489 e. The van der Waals surface area contributed by atoms with Gasteiger partial charge in [0.05, 0.1) is 31.9 Å². The van der Waals surface area contributed by atoms with Crippen molar-refractivity contribution in [2.75, 3.05) is 63.2 Å². The van der Waals surface area contributed by atoms with Gasteiger partial charge in [-0.05, 0) is 36.8 Å². The molecule has 0 amide bonds. The van der Waals surface area contributed by atoms with Crippen LogP contribution >= 0.6 is 0 Å². The third-order valence-electron chi connectivity index (χ3n) is 5.96. The van der Waals surface area contributed by atoms with Crippen LogP contribution in [0.4, 0.5) is 34.8 Å². The lowest BCUT2D eigenvalue weighted by atomic mass is 10.1. The molecule has 0 atom stereocenters. The largest absolute Gasteiger partial charge is 0.489 e. The lowest BCUT2D eigenvalue weighted by molar-refractivity contribution is -0.229. The van der Waals surface area contributed by atoms with E-state index in [1.165, 1.54) is 12.1 Å². The fraction of sp³-hybridized carbons (Fsp3) is 0.423. The Morgan fingerprint density at radius 3 is 2.43 bits per heavy atom. The van der Waals surface area contributed by atoms with E-state index in [0.717, 1.165) is 0 Å². The van der Waals surface area contributed by atoms with E-state index in [9.17, 15) is 22.7 Å². The van der Waals surface area contributed by atoms with Crippen LogP contribution in [0.15, 0.2) is 36.4 Å². The third kappa shape index (κ3) is 5.29. The number of hydrogen-bond donors (Lipinski definition) is 2. The second-order valence-corrected chi connectivity index (χ2v) is 8.36. The summed E-state index contributed by atoms with van der Waals surface area (Å²) in [5, 5.41) is 13.1. The van der Waals surface area contributed by atoms with Crippen molar-refractivity contribution >= 4 is 28.1 Å². The lowest BCUT2D eigenvalue weighted by Crippen LogP contribution is -2.50. The van der Waals surface area contributed by atoms with Gasteiger partial charge in [-0.25, -0.2) is 22.5 Å². The smallest absolute Gasteiger partial charge is 0.260 e. The summed E-state index contributed by atoms with van der Waals surface area (Å²) in [7, 11) is 0. The van der Waals surface area contributed by atoms with Crippen molar-refractivity contribution in [3.05, 3.63) is 53.3 Å². The highest BCUT2D eigenvalue weighted by molar-refractivity contribution is 6.02. The number of pyridine rings is 1. The number of hydrogen-bond acceptors (Lipinski definition) is 7. The van der Waals surface area contributed by atoms with Crippen molar-refractivity contribution in [1.29, 1.82) is 0 Å². The molecule has 0 radical (unpaired) electrons. The first-order valence-corrected chi connectivity index (χ1v) is 11.9. The summed E-state index contributed by atoms with van der Waals surface area (Å²) in [4.78, 5) is 6.37. The Kier molecular flexibility index (Phi) is 8.67. The standard InChI is InChI=1S/C26H29F4N3O4/c1-17-15-18(30)5-6-21(17)33-24-19-3-2-4-22(35-12-7-27)23(19)32-25(31-10-11-34)20(24)16-26(33,36-13-8-28)37-14-9-29/h2-6,15,34H,7-14,16H2,1H3,(H,31,32). The van der Waals surface area contributed by atoms with Crippen molar-refractivity contribution in [2.24, 2.45) is 0 Å². The minimum absolute atomic E-state index is 0.0193. The predicted molar refractivity (Wildman–Crippen MR) is 132 cm³/mol. The van der Waals surface area contributed by atoms with Gasteiger partial charge in [0.15, 0.2) is 0 Å². The highest BCUT2D eigenvalue weighted by Gasteiger charge is 2.50. The van der Waals surface area contributed by atoms with E-state index in [-0.39, 0.29) is 39.4 Å². The number of ether oxygens (including phenoxy) is 3. The molecule has 11 heteroatoms. The molecule has 200 valence electrons. The molecule has 0 fully saturated rings. The molecule has 2 N–H and O–H groups in total. The number of aryl methyl sites for hydroxylation is 1. The van der Waals surface area contributed by atoms with Gasteiger partial charge in [-0.1, -0.05) is 12.1 Å². The van der Waals surface area contributed by atoms with Crippen LogP contribution in [-0.4, -0.2) is 69.0 Å². The Balaban J connectivity index is 2.04. The Bertz CT molecular complexity index is 1220. The number of aromatic nitrogens is 1. The molecule has 1 aromatic heterocycles. The van der Waals surface area contributed by atoms with Gasteiger partial charge in [0.2, 0.25) is 0 Å².